The van der Waals surface area contributed by atoms with Crippen molar-refractivity contribution in [1.29, 1.82) is 0 Å². The molecule has 3 N–H and O–H groups in total. The number of imide groups is 1. The van der Waals surface area contributed by atoms with Gasteiger partial charge in [-0.3, -0.25) is 15.0 Å². The molecule has 0 saturated heterocycles. The zero-order valence-electron chi connectivity index (χ0n) is 12.2. The second-order valence-electron chi connectivity index (χ2n) is 4.47. The van der Waals surface area contributed by atoms with Gasteiger partial charge in [-0.1, -0.05) is 20.8 Å². The van der Waals surface area contributed by atoms with Gasteiger partial charge in [-0.25, -0.2) is 4.79 Å². The summed E-state index contributed by atoms with van der Waals surface area (Å²) >= 11 is 0. The van der Waals surface area contributed by atoms with Gasteiger partial charge >= 0.3 is 6.03 Å². The molecule has 0 atom stereocenters. The van der Waals surface area contributed by atoms with Crippen LogP contribution < -0.4 is 10.6 Å². The van der Waals surface area contributed by atoms with Crippen molar-refractivity contribution in [2.75, 3.05) is 26.2 Å². The molecule has 0 aromatic heterocycles. The molecule has 112 valence electrons. The first-order valence-electron chi connectivity index (χ1n) is 7.01. The minimum absolute atomic E-state index is 0.00577. The van der Waals surface area contributed by atoms with E-state index in [9.17, 15) is 9.59 Å². The summed E-state index contributed by atoms with van der Waals surface area (Å²) in [4.78, 5) is 25.0. The van der Waals surface area contributed by atoms with Crippen LogP contribution in [0.15, 0.2) is 0 Å². The van der Waals surface area contributed by atoms with Crippen LogP contribution in [0.25, 0.3) is 0 Å². The highest BCUT2D eigenvalue weighted by atomic mass is 16.3. The van der Waals surface area contributed by atoms with E-state index in [0.717, 1.165) is 19.3 Å². The number of nitrogens with zero attached hydrogens (tertiary/aromatic N) is 1. The Hall–Kier alpha value is -1.14. The number of aliphatic hydroxyl groups excluding tert-OH is 1. The maximum Gasteiger partial charge on any atom is 0.321 e. The molecule has 0 bridgehead atoms. The smallest absolute Gasteiger partial charge is 0.321 e. The maximum atomic E-state index is 11.7. The first-order valence-corrected chi connectivity index (χ1v) is 7.01. The molecule has 0 heterocycles. The molecular formula is C13H27N3O3. The van der Waals surface area contributed by atoms with Crippen molar-refractivity contribution >= 4 is 11.9 Å². The van der Waals surface area contributed by atoms with Gasteiger partial charge in [-0.2, -0.15) is 0 Å². The van der Waals surface area contributed by atoms with Gasteiger partial charge in [0.2, 0.25) is 5.91 Å². The van der Waals surface area contributed by atoms with E-state index in [4.69, 9.17) is 5.11 Å². The Labute approximate surface area is 115 Å². The van der Waals surface area contributed by atoms with Crippen LogP contribution in [0.2, 0.25) is 0 Å². The molecule has 0 aromatic carbocycles. The second-order valence-corrected chi connectivity index (χ2v) is 4.47. The Bertz CT molecular complexity index is 268. The molecule has 0 unspecified atom stereocenters. The third-order valence-corrected chi connectivity index (χ3v) is 2.98. The average molecular weight is 273 g/mol. The number of rotatable bonds is 9. The van der Waals surface area contributed by atoms with Crippen molar-refractivity contribution in [1.82, 2.24) is 15.5 Å². The molecular weight excluding hydrogens is 246 g/mol. The highest BCUT2D eigenvalue weighted by Crippen LogP contribution is 2.07. The lowest BCUT2D eigenvalue weighted by Gasteiger charge is -2.28. The van der Waals surface area contributed by atoms with E-state index in [0.29, 0.717) is 13.1 Å². The van der Waals surface area contributed by atoms with Crippen molar-refractivity contribution < 1.29 is 14.7 Å². The zero-order valence-corrected chi connectivity index (χ0v) is 12.2. The molecule has 0 aliphatic carbocycles. The Morgan fingerprint density at radius 3 is 2.32 bits per heavy atom. The summed E-state index contributed by atoms with van der Waals surface area (Å²) in [6.07, 6.45) is 2.64. The molecule has 0 saturated carbocycles. The van der Waals surface area contributed by atoms with Gasteiger partial charge in [0.1, 0.15) is 0 Å². The van der Waals surface area contributed by atoms with Gasteiger partial charge in [0.15, 0.2) is 0 Å². The van der Waals surface area contributed by atoms with Crippen LogP contribution in [-0.2, 0) is 4.79 Å². The molecule has 0 aromatic rings. The summed E-state index contributed by atoms with van der Waals surface area (Å²) in [6.45, 7) is 7.16. The Morgan fingerprint density at radius 1 is 1.21 bits per heavy atom. The van der Waals surface area contributed by atoms with Crippen LogP contribution in [0.4, 0.5) is 4.79 Å². The number of nitrogens with one attached hydrogen (secondary N) is 2. The van der Waals surface area contributed by atoms with E-state index in [1.165, 1.54) is 0 Å². The van der Waals surface area contributed by atoms with Gasteiger partial charge < -0.3 is 10.4 Å². The summed E-state index contributed by atoms with van der Waals surface area (Å²) in [6, 6.07) is -0.211. The molecule has 3 amide bonds. The fourth-order valence-electron chi connectivity index (χ4n) is 1.96. The van der Waals surface area contributed by atoms with Gasteiger partial charge in [0.25, 0.3) is 0 Å². The quantitative estimate of drug-likeness (QED) is 0.578. The number of urea groups is 1. The van der Waals surface area contributed by atoms with E-state index in [2.05, 4.69) is 10.6 Å². The zero-order chi connectivity index (χ0) is 14.7. The lowest BCUT2D eigenvalue weighted by atomic mass is 10.1. The fourth-order valence-corrected chi connectivity index (χ4v) is 1.96. The van der Waals surface area contributed by atoms with Gasteiger partial charge in [-0.15, -0.1) is 0 Å². The monoisotopic (exact) mass is 273 g/mol. The van der Waals surface area contributed by atoms with Crippen molar-refractivity contribution in [2.45, 2.75) is 46.1 Å². The predicted octanol–water partition coefficient (Wildman–Crippen LogP) is 0.705. The molecule has 19 heavy (non-hydrogen) atoms. The van der Waals surface area contributed by atoms with Crippen molar-refractivity contribution in [3.05, 3.63) is 0 Å². The van der Waals surface area contributed by atoms with Crippen LogP contribution in [0.1, 0.15) is 40.0 Å². The van der Waals surface area contributed by atoms with E-state index in [1.54, 1.807) is 0 Å². The summed E-state index contributed by atoms with van der Waals surface area (Å²) in [5.74, 6) is -0.339. The molecule has 0 rings (SSSR count). The minimum Gasteiger partial charge on any atom is -0.395 e. The lowest BCUT2D eigenvalue weighted by molar-refractivity contribution is -0.121. The number of aliphatic hydroxyl groups is 1. The highest BCUT2D eigenvalue weighted by Gasteiger charge is 2.18. The molecule has 0 aliphatic heterocycles. The number of carbonyl (C=O) groups excluding carboxylic acids is 2. The molecule has 0 aliphatic rings. The molecule has 0 radical (unpaired) electrons. The number of hydrogen-bond donors (Lipinski definition) is 3. The topological polar surface area (TPSA) is 81.7 Å². The SMILES string of the molecule is CCCNC(=O)NC(=O)CN(CCO)C(CC)CC. The largest absolute Gasteiger partial charge is 0.395 e. The van der Waals surface area contributed by atoms with E-state index in [-0.39, 0.29) is 25.1 Å². The molecule has 6 heteroatoms. The van der Waals surface area contributed by atoms with E-state index in [1.807, 2.05) is 25.7 Å². The van der Waals surface area contributed by atoms with Crippen LogP contribution in [0, 0.1) is 0 Å². The van der Waals surface area contributed by atoms with Crippen molar-refractivity contribution in [2.24, 2.45) is 0 Å². The average Bonchev–Trinajstić information content (AvgIpc) is 2.37. The third kappa shape index (κ3) is 7.79. The first kappa shape index (κ1) is 17.9. The lowest BCUT2D eigenvalue weighted by Crippen LogP contribution is -2.47. The standard InChI is InChI=1S/C13H27N3O3/c1-4-7-14-13(19)15-12(18)10-16(8-9-17)11(5-2)6-3/h11,17H,4-10H2,1-3H3,(H2,14,15,18,19). The van der Waals surface area contributed by atoms with Gasteiger partial charge in [0, 0.05) is 19.1 Å². The maximum absolute atomic E-state index is 11.7. The van der Waals surface area contributed by atoms with Crippen LogP contribution in [-0.4, -0.2) is 54.2 Å². The van der Waals surface area contributed by atoms with Crippen molar-refractivity contribution in [3.63, 3.8) is 0 Å². The highest BCUT2D eigenvalue weighted by molar-refractivity contribution is 5.95. The summed E-state index contributed by atoms with van der Waals surface area (Å²) in [5.41, 5.74) is 0. The second kappa shape index (κ2) is 10.8. The first-order chi connectivity index (χ1) is 9.08. The third-order valence-electron chi connectivity index (χ3n) is 2.98. The number of amides is 3. The van der Waals surface area contributed by atoms with Crippen LogP contribution in [0.3, 0.4) is 0 Å². The fraction of sp³-hybridized carbons (Fsp3) is 0.846. The summed E-state index contributed by atoms with van der Waals surface area (Å²) in [7, 11) is 0. The number of hydrogen-bond acceptors (Lipinski definition) is 4. The van der Waals surface area contributed by atoms with E-state index >= 15 is 0 Å². The normalized spacial score (nSPS) is 10.8. The Kier molecular flexibility index (Phi) is 10.1. The summed E-state index contributed by atoms with van der Waals surface area (Å²) < 4.78 is 0. The van der Waals surface area contributed by atoms with Crippen LogP contribution in [0.5, 0.6) is 0 Å². The molecule has 0 fully saturated rings. The van der Waals surface area contributed by atoms with Crippen molar-refractivity contribution in [3.8, 4) is 0 Å². The van der Waals surface area contributed by atoms with E-state index < -0.39 is 6.03 Å². The van der Waals surface area contributed by atoms with Gasteiger partial charge in [-0.05, 0) is 19.3 Å². The minimum atomic E-state index is -0.458. The predicted molar refractivity (Wildman–Crippen MR) is 74.9 cm³/mol. The Balaban J connectivity index is 4.26. The molecule has 6 nitrogen and oxygen atoms in total. The summed E-state index contributed by atoms with van der Waals surface area (Å²) in [5, 5.41) is 13.9. The van der Waals surface area contributed by atoms with Gasteiger partial charge in [0.05, 0.1) is 13.2 Å². The number of carbonyl (C=O) groups is 2. The van der Waals surface area contributed by atoms with Crippen LogP contribution >= 0.6 is 0 Å². The molecule has 0 spiro atoms. The Morgan fingerprint density at radius 2 is 1.84 bits per heavy atom.